The third-order valence-corrected chi connectivity index (χ3v) is 4.19. The summed E-state index contributed by atoms with van der Waals surface area (Å²) in [5.74, 6) is 1.12. The summed E-state index contributed by atoms with van der Waals surface area (Å²) in [6.07, 6.45) is 9.15. The molecule has 24 heavy (non-hydrogen) atoms. The number of nitrogens with one attached hydrogen (secondary N) is 2. The van der Waals surface area contributed by atoms with Crippen LogP contribution in [0.4, 0.5) is 10.6 Å². The van der Waals surface area contributed by atoms with Crippen LogP contribution in [0.3, 0.4) is 0 Å². The minimum Gasteiger partial charge on any atom is -0.443 e. The van der Waals surface area contributed by atoms with Crippen LogP contribution in [-0.4, -0.2) is 27.0 Å². The van der Waals surface area contributed by atoms with Gasteiger partial charge in [0.05, 0.1) is 17.2 Å². The van der Waals surface area contributed by atoms with Gasteiger partial charge in [0.25, 0.3) is 0 Å². The summed E-state index contributed by atoms with van der Waals surface area (Å²) in [5, 5.41) is 5.77. The number of nitrogens with zero attached hydrogens (tertiary/aromatic N) is 3. The van der Waals surface area contributed by atoms with E-state index in [9.17, 15) is 4.79 Å². The zero-order valence-corrected chi connectivity index (χ0v) is 13.0. The molecule has 7 heteroatoms. The molecule has 1 aliphatic carbocycles. The molecule has 0 spiro atoms. The van der Waals surface area contributed by atoms with E-state index in [1.807, 2.05) is 12.1 Å². The van der Waals surface area contributed by atoms with Gasteiger partial charge in [0, 0.05) is 17.8 Å². The van der Waals surface area contributed by atoms with Crippen molar-refractivity contribution in [3.05, 3.63) is 37.0 Å². The molecule has 3 heterocycles. The van der Waals surface area contributed by atoms with E-state index in [1.54, 1.807) is 18.5 Å². The Balaban J connectivity index is 1.54. The number of oxazole rings is 1. The summed E-state index contributed by atoms with van der Waals surface area (Å²) in [6.45, 7) is 0. The highest BCUT2D eigenvalue weighted by molar-refractivity contribution is 5.90. The maximum atomic E-state index is 12.1. The molecular formula is C17H17N5O2. The smallest absolute Gasteiger partial charge is 0.320 e. The molecule has 0 aromatic carbocycles. The van der Waals surface area contributed by atoms with Crippen LogP contribution in [0.5, 0.6) is 0 Å². The largest absolute Gasteiger partial charge is 0.443 e. The van der Waals surface area contributed by atoms with Crippen molar-refractivity contribution in [2.45, 2.75) is 31.7 Å². The summed E-state index contributed by atoms with van der Waals surface area (Å²) in [6, 6.07) is 5.50. The maximum Gasteiger partial charge on any atom is 0.320 e. The highest BCUT2D eigenvalue weighted by atomic mass is 16.3. The first-order chi connectivity index (χ1) is 11.8. The number of pyridine rings is 2. The Morgan fingerprint density at radius 2 is 2.04 bits per heavy atom. The normalized spacial score (nSPS) is 14.8. The molecule has 122 valence electrons. The Kier molecular flexibility index (Phi) is 3.82. The van der Waals surface area contributed by atoms with Crippen LogP contribution >= 0.6 is 0 Å². The van der Waals surface area contributed by atoms with Crippen LogP contribution in [-0.2, 0) is 0 Å². The van der Waals surface area contributed by atoms with Gasteiger partial charge in [0.1, 0.15) is 5.82 Å². The van der Waals surface area contributed by atoms with Gasteiger partial charge in [0.2, 0.25) is 0 Å². The van der Waals surface area contributed by atoms with Crippen molar-refractivity contribution in [3.8, 4) is 11.3 Å². The number of hydrogen-bond acceptors (Lipinski definition) is 5. The first kappa shape index (κ1) is 14.6. The van der Waals surface area contributed by atoms with Gasteiger partial charge in [-0.1, -0.05) is 12.8 Å². The first-order valence-electron chi connectivity index (χ1n) is 8.01. The lowest BCUT2D eigenvalue weighted by Gasteiger charge is -2.12. The van der Waals surface area contributed by atoms with E-state index >= 15 is 0 Å². The van der Waals surface area contributed by atoms with Crippen LogP contribution in [0.2, 0.25) is 0 Å². The highest BCUT2D eigenvalue weighted by Gasteiger charge is 2.17. The minimum absolute atomic E-state index is 0.215. The molecular weight excluding hydrogens is 306 g/mol. The average molecular weight is 323 g/mol. The van der Waals surface area contributed by atoms with Crippen molar-refractivity contribution in [2.75, 3.05) is 5.32 Å². The Morgan fingerprint density at radius 1 is 1.17 bits per heavy atom. The van der Waals surface area contributed by atoms with E-state index in [2.05, 4.69) is 25.6 Å². The third kappa shape index (κ3) is 3.05. The predicted molar refractivity (Wildman–Crippen MR) is 89.4 cm³/mol. The van der Waals surface area contributed by atoms with Crippen molar-refractivity contribution < 1.29 is 9.21 Å². The van der Waals surface area contributed by atoms with E-state index in [-0.39, 0.29) is 12.1 Å². The Labute approximate surface area is 138 Å². The molecule has 0 radical (unpaired) electrons. The number of hydrogen-bond donors (Lipinski definition) is 2. The molecule has 1 saturated carbocycles. The zero-order chi connectivity index (χ0) is 16.4. The van der Waals surface area contributed by atoms with Gasteiger partial charge < -0.3 is 9.73 Å². The van der Waals surface area contributed by atoms with Crippen molar-refractivity contribution in [3.63, 3.8) is 0 Å². The second-order valence-electron chi connectivity index (χ2n) is 5.90. The van der Waals surface area contributed by atoms with Gasteiger partial charge in [0.15, 0.2) is 12.2 Å². The molecule has 0 aliphatic heterocycles. The van der Waals surface area contributed by atoms with Gasteiger partial charge in [-0.05, 0) is 31.0 Å². The average Bonchev–Trinajstić information content (AvgIpc) is 3.27. The van der Waals surface area contributed by atoms with Crippen LogP contribution in [0, 0.1) is 0 Å². The quantitative estimate of drug-likeness (QED) is 0.771. The number of carbonyl (C=O) groups excluding carboxylic acids is 1. The number of aromatic nitrogens is 3. The molecule has 1 aliphatic rings. The highest BCUT2D eigenvalue weighted by Crippen LogP contribution is 2.22. The molecule has 2 amide bonds. The molecule has 0 atom stereocenters. The third-order valence-electron chi connectivity index (χ3n) is 4.19. The summed E-state index contributed by atoms with van der Waals surface area (Å²) in [4.78, 5) is 24.8. The molecule has 0 bridgehead atoms. The van der Waals surface area contributed by atoms with Crippen LogP contribution < -0.4 is 10.6 Å². The van der Waals surface area contributed by atoms with Crippen molar-refractivity contribution in [1.29, 1.82) is 0 Å². The van der Waals surface area contributed by atoms with Gasteiger partial charge >= 0.3 is 6.03 Å². The van der Waals surface area contributed by atoms with Crippen molar-refractivity contribution in [1.82, 2.24) is 20.3 Å². The second kappa shape index (κ2) is 6.27. The number of urea groups is 1. The number of amides is 2. The van der Waals surface area contributed by atoms with Crippen LogP contribution in [0.15, 0.2) is 41.4 Å². The summed E-state index contributed by atoms with van der Waals surface area (Å²) in [5.41, 5.74) is 2.22. The molecule has 4 rings (SSSR count). The molecule has 2 N–H and O–H groups in total. The van der Waals surface area contributed by atoms with E-state index in [0.717, 1.165) is 23.9 Å². The fourth-order valence-electron chi connectivity index (χ4n) is 2.98. The lowest BCUT2D eigenvalue weighted by Crippen LogP contribution is -2.36. The number of carbonyl (C=O) groups is 1. The first-order valence-corrected chi connectivity index (χ1v) is 8.01. The Hall–Kier alpha value is -2.96. The van der Waals surface area contributed by atoms with Gasteiger partial charge in [-0.3, -0.25) is 10.3 Å². The SMILES string of the molecule is O=C(Nc1ccc2ncc(-c3cnco3)cc2n1)NC1CCCC1. The summed E-state index contributed by atoms with van der Waals surface area (Å²) < 4.78 is 5.28. The number of anilines is 1. The zero-order valence-electron chi connectivity index (χ0n) is 13.0. The van der Waals surface area contributed by atoms with Gasteiger partial charge in [-0.15, -0.1) is 0 Å². The lowest BCUT2D eigenvalue weighted by molar-refractivity contribution is 0.248. The predicted octanol–water partition coefficient (Wildman–Crippen LogP) is 3.35. The van der Waals surface area contributed by atoms with E-state index in [0.29, 0.717) is 17.1 Å². The Morgan fingerprint density at radius 3 is 2.83 bits per heavy atom. The molecule has 3 aromatic heterocycles. The monoisotopic (exact) mass is 323 g/mol. The fraction of sp³-hybridized carbons (Fsp3) is 0.294. The number of fused-ring (bicyclic) bond motifs is 1. The molecule has 7 nitrogen and oxygen atoms in total. The Bertz CT molecular complexity index is 857. The van der Waals surface area contributed by atoms with Crippen LogP contribution in [0.25, 0.3) is 22.4 Å². The molecule has 1 fully saturated rings. The summed E-state index contributed by atoms with van der Waals surface area (Å²) >= 11 is 0. The lowest BCUT2D eigenvalue weighted by atomic mass is 10.2. The minimum atomic E-state index is -0.215. The number of rotatable bonds is 3. The standard InChI is InChI=1S/C17H17N5O2/c23-17(20-12-3-1-2-4-12)22-16-6-5-13-14(21-16)7-11(8-19-13)15-9-18-10-24-15/h5-10,12H,1-4H2,(H2,20,21,22,23). The van der Waals surface area contributed by atoms with Crippen molar-refractivity contribution in [2.24, 2.45) is 0 Å². The van der Waals surface area contributed by atoms with Crippen molar-refractivity contribution >= 4 is 22.9 Å². The van der Waals surface area contributed by atoms with E-state index in [1.165, 1.54) is 19.2 Å². The van der Waals surface area contributed by atoms with E-state index in [4.69, 9.17) is 4.42 Å². The van der Waals surface area contributed by atoms with E-state index < -0.39 is 0 Å². The summed E-state index contributed by atoms with van der Waals surface area (Å²) in [7, 11) is 0. The molecule has 0 unspecified atom stereocenters. The van der Waals surface area contributed by atoms with Gasteiger partial charge in [-0.2, -0.15) is 0 Å². The fourth-order valence-corrected chi connectivity index (χ4v) is 2.98. The topological polar surface area (TPSA) is 92.9 Å². The molecule has 0 saturated heterocycles. The maximum absolute atomic E-state index is 12.1. The molecule has 3 aromatic rings. The van der Waals surface area contributed by atoms with Crippen LogP contribution in [0.1, 0.15) is 25.7 Å². The van der Waals surface area contributed by atoms with Gasteiger partial charge in [-0.25, -0.2) is 14.8 Å². The second-order valence-corrected chi connectivity index (χ2v) is 5.90.